The fraction of sp³-hybridized carbons (Fsp3) is 0.364. The lowest BCUT2D eigenvalue weighted by Crippen LogP contribution is -2.31. The first kappa shape index (κ1) is 13.1. The van der Waals surface area contributed by atoms with Gasteiger partial charge in [-0.2, -0.15) is 0 Å². The SMILES string of the molecule is CN(C)CCNC(=O)c1ccc(C=NO)nc1. The summed E-state index contributed by atoms with van der Waals surface area (Å²) in [6.07, 6.45) is 2.65. The molecule has 6 heteroatoms. The number of aromatic nitrogens is 1. The van der Waals surface area contributed by atoms with Crippen molar-refractivity contribution in [2.45, 2.75) is 0 Å². The minimum absolute atomic E-state index is 0.160. The second-order valence-corrected chi connectivity index (χ2v) is 3.78. The number of carbonyl (C=O) groups is 1. The molecule has 0 aromatic carbocycles. The summed E-state index contributed by atoms with van der Waals surface area (Å²) < 4.78 is 0. The number of nitrogens with one attached hydrogen (secondary N) is 1. The van der Waals surface area contributed by atoms with E-state index < -0.39 is 0 Å². The quantitative estimate of drug-likeness (QED) is 0.434. The van der Waals surface area contributed by atoms with Crippen molar-refractivity contribution in [1.82, 2.24) is 15.2 Å². The molecular weight excluding hydrogens is 220 g/mol. The summed E-state index contributed by atoms with van der Waals surface area (Å²) in [5.74, 6) is -0.160. The van der Waals surface area contributed by atoms with Crippen molar-refractivity contribution >= 4 is 12.1 Å². The Morgan fingerprint density at radius 1 is 1.59 bits per heavy atom. The molecule has 92 valence electrons. The van der Waals surface area contributed by atoms with Gasteiger partial charge in [0.2, 0.25) is 0 Å². The minimum Gasteiger partial charge on any atom is -0.411 e. The first-order valence-corrected chi connectivity index (χ1v) is 5.20. The van der Waals surface area contributed by atoms with Crippen LogP contribution in [0.4, 0.5) is 0 Å². The van der Waals surface area contributed by atoms with Crippen LogP contribution in [0.2, 0.25) is 0 Å². The lowest BCUT2D eigenvalue weighted by atomic mass is 10.2. The smallest absolute Gasteiger partial charge is 0.252 e. The standard InChI is InChI=1S/C11H16N4O2/c1-15(2)6-5-12-11(16)9-3-4-10(8-14-17)13-7-9/h3-4,7-8,17H,5-6H2,1-2H3,(H,12,16). The molecule has 0 bridgehead atoms. The van der Waals surface area contributed by atoms with E-state index in [0.717, 1.165) is 6.54 Å². The number of rotatable bonds is 5. The van der Waals surface area contributed by atoms with E-state index in [4.69, 9.17) is 5.21 Å². The maximum Gasteiger partial charge on any atom is 0.252 e. The van der Waals surface area contributed by atoms with Gasteiger partial charge >= 0.3 is 0 Å². The third-order valence-electron chi connectivity index (χ3n) is 2.08. The highest BCUT2D eigenvalue weighted by Gasteiger charge is 2.04. The second-order valence-electron chi connectivity index (χ2n) is 3.78. The van der Waals surface area contributed by atoms with Gasteiger partial charge in [0, 0.05) is 19.3 Å². The van der Waals surface area contributed by atoms with Crippen molar-refractivity contribution in [3.8, 4) is 0 Å². The van der Waals surface area contributed by atoms with Gasteiger partial charge in [0.05, 0.1) is 17.5 Å². The van der Waals surface area contributed by atoms with E-state index in [0.29, 0.717) is 17.8 Å². The molecule has 2 N–H and O–H groups in total. The Balaban J connectivity index is 2.51. The summed E-state index contributed by atoms with van der Waals surface area (Å²) >= 11 is 0. The normalized spacial score (nSPS) is 11.0. The maximum atomic E-state index is 11.6. The van der Waals surface area contributed by atoms with Crippen molar-refractivity contribution in [1.29, 1.82) is 0 Å². The predicted octanol–water partition coefficient (Wildman–Crippen LogP) is 0.181. The number of hydrogen-bond donors (Lipinski definition) is 2. The molecule has 1 aromatic heterocycles. The molecule has 0 atom stereocenters. The van der Waals surface area contributed by atoms with Gasteiger partial charge in [-0.15, -0.1) is 0 Å². The molecule has 0 radical (unpaired) electrons. The van der Waals surface area contributed by atoms with Crippen LogP contribution in [0, 0.1) is 0 Å². The summed E-state index contributed by atoms with van der Waals surface area (Å²) in [5, 5.41) is 13.9. The van der Waals surface area contributed by atoms with Gasteiger partial charge in [0.25, 0.3) is 5.91 Å². The van der Waals surface area contributed by atoms with Crippen molar-refractivity contribution in [3.63, 3.8) is 0 Å². The topological polar surface area (TPSA) is 77.8 Å². The molecule has 1 aromatic rings. The Morgan fingerprint density at radius 3 is 2.88 bits per heavy atom. The summed E-state index contributed by atoms with van der Waals surface area (Å²) in [6, 6.07) is 3.25. The van der Waals surface area contributed by atoms with E-state index >= 15 is 0 Å². The molecule has 0 aliphatic heterocycles. The third kappa shape index (κ3) is 4.60. The number of likely N-dealkylation sites (N-methyl/N-ethyl adjacent to an activating group) is 1. The van der Waals surface area contributed by atoms with Crippen LogP contribution in [0.1, 0.15) is 16.1 Å². The van der Waals surface area contributed by atoms with Crippen molar-refractivity contribution in [2.75, 3.05) is 27.2 Å². The molecule has 17 heavy (non-hydrogen) atoms. The highest BCUT2D eigenvalue weighted by molar-refractivity contribution is 5.94. The van der Waals surface area contributed by atoms with Crippen LogP contribution < -0.4 is 5.32 Å². The number of oxime groups is 1. The summed E-state index contributed by atoms with van der Waals surface area (Å²) in [7, 11) is 3.88. The Hall–Kier alpha value is -1.95. The molecule has 0 fully saturated rings. The van der Waals surface area contributed by atoms with E-state index in [9.17, 15) is 4.79 Å². The van der Waals surface area contributed by atoms with Crippen molar-refractivity contribution in [2.24, 2.45) is 5.16 Å². The van der Waals surface area contributed by atoms with Crippen molar-refractivity contribution in [3.05, 3.63) is 29.6 Å². The monoisotopic (exact) mass is 236 g/mol. The van der Waals surface area contributed by atoms with Crippen LogP contribution in [0.15, 0.2) is 23.5 Å². The predicted molar refractivity (Wildman–Crippen MR) is 64.5 cm³/mol. The fourth-order valence-corrected chi connectivity index (χ4v) is 1.17. The van der Waals surface area contributed by atoms with Gasteiger partial charge in [-0.1, -0.05) is 5.16 Å². The summed E-state index contributed by atoms with van der Waals surface area (Å²) in [6.45, 7) is 1.38. The molecule has 6 nitrogen and oxygen atoms in total. The average molecular weight is 236 g/mol. The highest BCUT2D eigenvalue weighted by atomic mass is 16.4. The van der Waals surface area contributed by atoms with Crippen LogP contribution in [0.5, 0.6) is 0 Å². The Bertz CT molecular complexity index is 387. The van der Waals surface area contributed by atoms with Gasteiger partial charge in [0.15, 0.2) is 0 Å². The fourth-order valence-electron chi connectivity index (χ4n) is 1.17. The molecule has 0 aliphatic carbocycles. The second kappa shape index (κ2) is 6.59. The third-order valence-corrected chi connectivity index (χ3v) is 2.08. The van der Waals surface area contributed by atoms with E-state index in [1.165, 1.54) is 12.4 Å². The molecule has 1 rings (SSSR count). The molecule has 0 aliphatic rings. The zero-order valence-corrected chi connectivity index (χ0v) is 9.92. The zero-order valence-electron chi connectivity index (χ0n) is 9.92. The van der Waals surface area contributed by atoms with Crippen LogP contribution in [-0.4, -0.2) is 54.4 Å². The van der Waals surface area contributed by atoms with E-state index in [1.54, 1.807) is 12.1 Å². The van der Waals surface area contributed by atoms with E-state index in [1.807, 2.05) is 19.0 Å². The average Bonchev–Trinajstić information content (AvgIpc) is 2.30. The van der Waals surface area contributed by atoms with Gasteiger partial charge < -0.3 is 15.4 Å². The summed E-state index contributed by atoms with van der Waals surface area (Å²) in [5.41, 5.74) is 0.983. The van der Waals surface area contributed by atoms with Gasteiger partial charge in [0.1, 0.15) is 0 Å². The largest absolute Gasteiger partial charge is 0.411 e. The number of amides is 1. The van der Waals surface area contributed by atoms with Gasteiger partial charge in [-0.25, -0.2) is 0 Å². The van der Waals surface area contributed by atoms with Crippen LogP contribution >= 0.6 is 0 Å². The number of pyridine rings is 1. The van der Waals surface area contributed by atoms with E-state index in [2.05, 4.69) is 15.5 Å². The van der Waals surface area contributed by atoms with Crippen LogP contribution in [0.25, 0.3) is 0 Å². The first-order chi connectivity index (χ1) is 8.13. The van der Waals surface area contributed by atoms with E-state index in [-0.39, 0.29) is 5.91 Å². The number of hydrogen-bond acceptors (Lipinski definition) is 5. The molecular formula is C11H16N4O2. The van der Waals surface area contributed by atoms with Gasteiger partial charge in [-0.3, -0.25) is 9.78 Å². The van der Waals surface area contributed by atoms with Crippen LogP contribution in [0.3, 0.4) is 0 Å². The summed E-state index contributed by atoms with van der Waals surface area (Å²) in [4.78, 5) is 17.6. The first-order valence-electron chi connectivity index (χ1n) is 5.20. The molecule has 0 spiro atoms. The van der Waals surface area contributed by atoms with Crippen LogP contribution in [-0.2, 0) is 0 Å². The molecule has 1 amide bonds. The molecule has 1 heterocycles. The molecule has 0 saturated carbocycles. The number of carbonyl (C=O) groups excluding carboxylic acids is 1. The maximum absolute atomic E-state index is 11.6. The Morgan fingerprint density at radius 2 is 2.35 bits per heavy atom. The van der Waals surface area contributed by atoms with Crippen molar-refractivity contribution < 1.29 is 10.0 Å². The minimum atomic E-state index is -0.160. The lowest BCUT2D eigenvalue weighted by molar-refractivity contribution is 0.0950. The Kier molecular flexibility index (Phi) is 5.09. The molecule has 0 unspecified atom stereocenters. The highest BCUT2D eigenvalue weighted by Crippen LogP contribution is 1.98. The Labute approximate surface area is 100.0 Å². The number of nitrogens with zero attached hydrogens (tertiary/aromatic N) is 3. The van der Waals surface area contributed by atoms with Gasteiger partial charge in [-0.05, 0) is 26.2 Å². The molecule has 0 saturated heterocycles. The zero-order chi connectivity index (χ0) is 12.7. The lowest BCUT2D eigenvalue weighted by Gasteiger charge is -2.10.